The molecule has 1 atom stereocenters. The maximum absolute atomic E-state index is 11.8. The molecule has 1 aromatic carbocycles. The van der Waals surface area contributed by atoms with Crippen molar-refractivity contribution >= 4 is 21.8 Å². The van der Waals surface area contributed by atoms with E-state index in [4.69, 9.17) is 4.74 Å². The van der Waals surface area contributed by atoms with E-state index in [0.29, 0.717) is 18.6 Å². The van der Waals surface area contributed by atoms with E-state index in [2.05, 4.69) is 21.2 Å². The number of carbonyl (C=O) groups is 1. The minimum atomic E-state index is -0.957. The van der Waals surface area contributed by atoms with Crippen molar-refractivity contribution in [3.63, 3.8) is 0 Å². The van der Waals surface area contributed by atoms with Gasteiger partial charge in [0.05, 0.1) is 5.60 Å². The fraction of sp³-hybridized carbons (Fsp3) is 0.462. The van der Waals surface area contributed by atoms with Crippen molar-refractivity contribution in [2.45, 2.75) is 18.9 Å². The van der Waals surface area contributed by atoms with Crippen molar-refractivity contribution in [2.75, 3.05) is 20.3 Å². The number of hydrogen-bond acceptors (Lipinski definition) is 3. The number of methoxy groups -OCH3 is 1. The molecular weight excluding hydrogens is 298 g/mol. The van der Waals surface area contributed by atoms with Gasteiger partial charge in [-0.3, -0.25) is 4.79 Å². The Morgan fingerprint density at radius 1 is 1.44 bits per heavy atom. The second-order valence-electron chi connectivity index (χ2n) is 4.43. The smallest absolute Gasteiger partial charge is 0.251 e. The lowest BCUT2D eigenvalue weighted by Crippen LogP contribution is -2.41. The summed E-state index contributed by atoms with van der Waals surface area (Å²) in [5.41, 5.74) is -0.387. The molecule has 5 heteroatoms. The number of benzene rings is 1. The first-order valence-corrected chi connectivity index (χ1v) is 6.49. The maximum Gasteiger partial charge on any atom is 0.251 e. The molecule has 0 radical (unpaired) electrons. The molecule has 1 unspecified atom stereocenters. The van der Waals surface area contributed by atoms with Gasteiger partial charge in [-0.1, -0.05) is 15.9 Å². The quantitative estimate of drug-likeness (QED) is 0.843. The molecule has 0 aromatic heterocycles. The molecule has 0 spiro atoms. The monoisotopic (exact) mass is 315 g/mol. The Kier molecular flexibility index (Phi) is 5.78. The second kappa shape index (κ2) is 6.87. The van der Waals surface area contributed by atoms with Crippen LogP contribution in [0.15, 0.2) is 28.7 Å². The van der Waals surface area contributed by atoms with E-state index in [9.17, 15) is 9.90 Å². The largest absolute Gasteiger partial charge is 0.388 e. The average Bonchev–Trinajstić information content (AvgIpc) is 2.35. The van der Waals surface area contributed by atoms with Crippen LogP contribution in [-0.4, -0.2) is 36.9 Å². The van der Waals surface area contributed by atoms with Gasteiger partial charge in [-0.05, 0) is 31.2 Å². The Morgan fingerprint density at radius 2 is 2.06 bits per heavy atom. The highest BCUT2D eigenvalue weighted by Crippen LogP contribution is 2.11. The van der Waals surface area contributed by atoms with Crippen molar-refractivity contribution in [1.82, 2.24) is 5.32 Å². The van der Waals surface area contributed by atoms with Crippen molar-refractivity contribution in [3.05, 3.63) is 34.3 Å². The highest BCUT2D eigenvalue weighted by molar-refractivity contribution is 9.10. The summed E-state index contributed by atoms with van der Waals surface area (Å²) < 4.78 is 5.83. The molecule has 0 aliphatic heterocycles. The minimum absolute atomic E-state index is 0.194. The number of amides is 1. The third-order valence-electron chi connectivity index (χ3n) is 2.58. The summed E-state index contributed by atoms with van der Waals surface area (Å²) in [7, 11) is 1.58. The summed E-state index contributed by atoms with van der Waals surface area (Å²) in [5.74, 6) is -0.194. The molecule has 4 nitrogen and oxygen atoms in total. The first-order chi connectivity index (χ1) is 8.44. The van der Waals surface area contributed by atoms with Gasteiger partial charge in [-0.25, -0.2) is 0 Å². The SMILES string of the molecule is COCCC(C)(O)CNC(=O)c1ccc(Br)cc1. The molecule has 100 valence electrons. The Balaban J connectivity index is 2.48. The zero-order chi connectivity index (χ0) is 13.6. The van der Waals surface area contributed by atoms with Crippen LogP contribution in [0.5, 0.6) is 0 Å². The number of hydrogen-bond donors (Lipinski definition) is 2. The molecule has 0 saturated heterocycles. The van der Waals surface area contributed by atoms with Crippen LogP contribution in [0.4, 0.5) is 0 Å². The lowest BCUT2D eigenvalue weighted by molar-refractivity contribution is 0.0243. The Labute approximate surface area is 115 Å². The maximum atomic E-state index is 11.8. The highest BCUT2D eigenvalue weighted by atomic mass is 79.9. The number of rotatable bonds is 6. The van der Waals surface area contributed by atoms with E-state index in [1.807, 2.05) is 0 Å². The lowest BCUT2D eigenvalue weighted by atomic mass is 10.0. The third kappa shape index (κ3) is 5.16. The van der Waals surface area contributed by atoms with E-state index in [1.165, 1.54) is 0 Å². The summed E-state index contributed by atoms with van der Waals surface area (Å²) in [4.78, 5) is 11.8. The van der Waals surface area contributed by atoms with Crippen LogP contribution in [0.2, 0.25) is 0 Å². The van der Waals surface area contributed by atoms with Gasteiger partial charge in [0, 0.05) is 36.7 Å². The highest BCUT2D eigenvalue weighted by Gasteiger charge is 2.21. The number of nitrogens with one attached hydrogen (secondary N) is 1. The van der Waals surface area contributed by atoms with E-state index < -0.39 is 5.60 Å². The third-order valence-corrected chi connectivity index (χ3v) is 3.11. The second-order valence-corrected chi connectivity index (χ2v) is 5.34. The Hall–Kier alpha value is -0.910. The van der Waals surface area contributed by atoms with Crippen molar-refractivity contribution in [1.29, 1.82) is 0 Å². The Morgan fingerprint density at radius 3 is 2.61 bits per heavy atom. The van der Waals surface area contributed by atoms with Gasteiger partial charge in [0.2, 0.25) is 0 Å². The van der Waals surface area contributed by atoms with Gasteiger partial charge < -0.3 is 15.2 Å². The van der Waals surface area contributed by atoms with E-state index in [1.54, 1.807) is 38.3 Å². The molecule has 0 aliphatic carbocycles. The molecule has 18 heavy (non-hydrogen) atoms. The summed E-state index contributed by atoms with van der Waals surface area (Å²) in [6.07, 6.45) is 0.476. The summed E-state index contributed by atoms with van der Waals surface area (Å²) >= 11 is 3.31. The fourth-order valence-corrected chi connectivity index (χ4v) is 1.65. The van der Waals surface area contributed by atoms with E-state index >= 15 is 0 Å². The van der Waals surface area contributed by atoms with Crippen LogP contribution < -0.4 is 5.32 Å². The molecule has 0 heterocycles. The van der Waals surface area contributed by atoms with E-state index in [-0.39, 0.29) is 12.5 Å². The molecule has 0 bridgehead atoms. The molecule has 0 saturated carbocycles. The van der Waals surface area contributed by atoms with Crippen molar-refractivity contribution in [3.8, 4) is 0 Å². The summed E-state index contributed by atoms with van der Waals surface area (Å²) in [6, 6.07) is 7.06. The van der Waals surface area contributed by atoms with Crippen LogP contribution >= 0.6 is 15.9 Å². The molecular formula is C13H18BrNO3. The standard InChI is InChI=1S/C13H18BrNO3/c1-13(17,7-8-18-2)9-15-12(16)10-3-5-11(14)6-4-10/h3-6,17H,7-9H2,1-2H3,(H,15,16). The minimum Gasteiger partial charge on any atom is -0.388 e. The molecule has 1 rings (SSSR count). The molecule has 0 fully saturated rings. The summed E-state index contributed by atoms with van der Waals surface area (Å²) in [6.45, 7) is 2.33. The van der Waals surface area contributed by atoms with Gasteiger partial charge in [0.1, 0.15) is 0 Å². The van der Waals surface area contributed by atoms with Gasteiger partial charge >= 0.3 is 0 Å². The van der Waals surface area contributed by atoms with Gasteiger partial charge in [0.15, 0.2) is 0 Å². The predicted octanol–water partition coefficient (Wildman–Crippen LogP) is 1.97. The van der Waals surface area contributed by atoms with Gasteiger partial charge in [-0.15, -0.1) is 0 Å². The van der Waals surface area contributed by atoms with Crippen LogP contribution in [0.1, 0.15) is 23.7 Å². The van der Waals surface area contributed by atoms with Gasteiger partial charge in [-0.2, -0.15) is 0 Å². The first kappa shape index (κ1) is 15.1. The van der Waals surface area contributed by atoms with Crippen LogP contribution in [0.3, 0.4) is 0 Å². The van der Waals surface area contributed by atoms with Crippen LogP contribution in [-0.2, 0) is 4.74 Å². The normalized spacial score (nSPS) is 14.0. The predicted molar refractivity (Wildman–Crippen MR) is 73.6 cm³/mol. The van der Waals surface area contributed by atoms with Crippen molar-refractivity contribution in [2.24, 2.45) is 0 Å². The van der Waals surface area contributed by atoms with Crippen molar-refractivity contribution < 1.29 is 14.6 Å². The molecule has 0 aliphatic rings. The zero-order valence-corrected chi connectivity index (χ0v) is 12.2. The molecule has 1 amide bonds. The van der Waals surface area contributed by atoms with Crippen LogP contribution in [0.25, 0.3) is 0 Å². The number of aliphatic hydroxyl groups is 1. The average molecular weight is 316 g/mol. The van der Waals surface area contributed by atoms with Gasteiger partial charge in [0.25, 0.3) is 5.91 Å². The molecule has 1 aromatic rings. The Bertz CT molecular complexity index is 390. The number of halogens is 1. The fourth-order valence-electron chi connectivity index (χ4n) is 1.38. The molecule has 2 N–H and O–H groups in total. The first-order valence-electron chi connectivity index (χ1n) is 5.70. The lowest BCUT2D eigenvalue weighted by Gasteiger charge is -2.23. The topological polar surface area (TPSA) is 58.6 Å². The number of carbonyl (C=O) groups excluding carboxylic acids is 1. The zero-order valence-electron chi connectivity index (χ0n) is 10.6. The van der Waals surface area contributed by atoms with Crippen LogP contribution in [0, 0.1) is 0 Å². The number of ether oxygens (including phenoxy) is 1. The summed E-state index contributed by atoms with van der Waals surface area (Å²) in [5, 5.41) is 12.7. The van der Waals surface area contributed by atoms with E-state index in [0.717, 1.165) is 4.47 Å².